The van der Waals surface area contributed by atoms with Crippen molar-refractivity contribution in [3.05, 3.63) is 47.4 Å². The maximum Gasteiger partial charge on any atom is 0.307 e. The Morgan fingerprint density at radius 2 is 1.96 bits per heavy atom. The van der Waals surface area contributed by atoms with E-state index >= 15 is 0 Å². The van der Waals surface area contributed by atoms with Crippen LogP contribution in [0.25, 0.3) is 0 Å². The summed E-state index contributed by atoms with van der Waals surface area (Å²) < 4.78 is 28.9. The van der Waals surface area contributed by atoms with Gasteiger partial charge in [-0.1, -0.05) is 24.3 Å². The molecule has 1 aromatic carbocycles. The zero-order valence-corrected chi connectivity index (χ0v) is 13.8. The van der Waals surface area contributed by atoms with Crippen molar-refractivity contribution >= 4 is 16.0 Å². The highest BCUT2D eigenvalue weighted by Gasteiger charge is 2.19. The average Bonchev–Trinajstić information content (AvgIpc) is 2.88. The number of hydrogen-bond donors (Lipinski definition) is 2. The fraction of sp³-hybridized carbons (Fsp3) is 0.333. The molecule has 0 radical (unpaired) electrons. The normalized spacial score (nSPS) is 11.6. The zero-order valence-electron chi connectivity index (χ0n) is 13.0. The van der Waals surface area contributed by atoms with E-state index in [0.717, 1.165) is 0 Å². The SMILES string of the molecule is CCn1cc(S(=O)(=O)NCc2ccccc2CC(=O)O)nc1C. The van der Waals surface area contributed by atoms with Crippen LogP contribution in [0.3, 0.4) is 0 Å². The second-order valence-electron chi connectivity index (χ2n) is 5.08. The quantitative estimate of drug-likeness (QED) is 0.793. The number of rotatable bonds is 7. The Morgan fingerprint density at radius 3 is 2.52 bits per heavy atom. The molecule has 2 rings (SSSR count). The molecule has 0 bridgehead atoms. The van der Waals surface area contributed by atoms with Crippen molar-refractivity contribution < 1.29 is 18.3 Å². The van der Waals surface area contributed by atoms with Crippen LogP contribution in [-0.4, -0.2) is 29.0 Å². The minimum Gasteiger partial charge on any atom is -0.481 e. The fourth-order valence-corrected chi connectivity index (χ4v) is 3.25. The molecular weight excluding hydrogens is 318 g/mol. The van der Waals surface area contributed by atoms with Crippen molar-refractivity contribution in [3.63, 3.8) is 0 Å². The first-order valence-corrected chi connectivity index (χ1v) is 8.64. The van der Waals surface area contributed by atoms with Crippen molar-refractivity contribution in [2.75, 3.05) is 0 Å². The van der Waals surface area contributed by atoms with Gasteiger partial charge in [0.1, 0.15) is 5.82 Å². The summed E-state index contributed by atoms with van der Waals surface area (Å²) in [5.41, 5.74) is 1.21. The number of sulfonamides is 1. The number of imidazole rings is 1. The molecular formula is C15H19N3O4S. The molecule has 0 unspecified atom stereocenters. The van der Waals surface area contributed by atoms with Gasteiger partial charge in [-0.2, -0.15) is 0 Å². The monoisotopic (exact) mass is 337 g/mol. The van der Waals surface area contributed by atoms with Crippen molar-refractivity contribution in [2.45, 2.75) is 38.4 Å². The first-order chi connectivity index (χ1) is 10.8. The molecule has 0 fully saturated rings. The first kappa shape index (κ1) is 17.2. The third kappa shape index (κ3) is 4.17. The summed E-state index contributed by atoms with van der Waals surface area (Å²) in [5, 5.41) is 8.87. The highest BCUT2D eigenvalue weighted by Crippen LogP contribution is 2.13. The first-order valence-electron chi connectivity index (χ1n) is 7.15. The van der Waals surface area contributed by atoms with E-state index in [1.54, 1.807) is 35.8 Å². The number of hydrogen-bond acceptors (Lipinski definition) is 4. The summed E-state index contributed by atoms with van der Waals surface area (Å²) in [6, 6.07) is 6.85. The Morgan fingerprint density at radius 1 is 1.30 bits per heavy atom. The van der Waals surface area contributed by atoms with E-state index in [1.165, 1.54) is 6.20 Å². The number of aliphatic carboxylic acids is 1. The molecule has 0 spiro atoms. The summed E-state index contributed by atoms with van der Waals surface area (Å²) in [6.07, 6.45) is 1.34. The summed E-state index contributed by atoms with van der Waals surface area (Å²) in [4.78, 5) is 14.9. The second kappa shape index (κ2) is 6.93. The summed E-state index contributed by atoms with van der Waals surface area (Å²) >= 11 is 0. The highest BCUT2D eigenvalue weighted by molar-refractivity contribution is 7.89. The van der Waals surface area contributed by atoms with E-state index in [1.807, 2.05) is 6.92 Å². The van der Waals surface area contributed by atoms with Crippen LogP contribution in [0.4, 0.5) is 0 Å². The molecule has 23 heavy (non-hydrogen) atoms. The van der Waals surface area contributed by atoms with Gasteiger partial charge < -0.3 is 9.67 Å². The smallest absolute Gasteiger partial charge is 0.307 e. The molecule has 0 aliphatic heterocycles. The zero-order chi connectivity index (χ0) is 17.0. The Labute approximate surface area is 135 Å². The van der Waals surface area contributed by atoms with Crippen LogP contribution in [0.2, 0.25) is 0 Å². The number of nitrogens with zero attached hydrogens (tertiary/aromatic N) is 2. The second-order valence-corrected chi connectivity index (χ2v) is 6.79. The molecule has 0 saturated carbocycles. The largest absolute Gasteiger partial charge is 0.481 e. The molecule has 7 nitrogen and oxygen atoms in total. The van der Waals surface area contributed by atoms with Crippen LogP contribution >= 0.6 is 0 Å². The molecule has 0 atom stereocenters. The molecule has 2 N–H and O–H groups in total. The van der Waals surface area contributed by atoms with Crippen molar-refractivity contribution in [2.24, 2.45) is 0 Å². The maximum absolute atomic E-state index is 12.3. The topological polar surface area (TPSA) is 101 Å². The number of carboxylic acid groups (broad SMARTS) is 1. The molecule has 0 saturated heterocycles. The van der Waals surface area contributed by atoms with Crippen LogP contribution in [0.5, 0.6) is 0 Å². The van der Waals surface area contributed by atoms with Gasteiger partial charge in [0, 0.05) is 19.3 Å². The molecule has 0 amide bonds. The summed E-state index contributed by atoms with van der Waals surface area (Å²) in [7, 11) is -3.74. The van der Waals surface area contributed by atoms with Gasteiger partial charge in [0.05, 0.1) is 6.42 Å². The van der Waals surface area contributed by atoms with Crippen LogP contribution < -0.4 is 4.72 Å². The van der Waals surface area contributed by atoms with E-state index in [4.69, 9.17) is 5.11 Å². The summed E-state index contributed by atoms with van der Waals surface area (Å²) in [5.74, 6) is -0.336. The lowest BCUT2D eigenvalue weighted by Gasteiger charge is -2.08. The lowest BCUT2D eigenvalue weighted by molar-refractivity contribution is -0.136. The van der Waals surface area contributed by atoms with Gasteiger partial charge in [-0.25, -0.2) is 18.1 Å². The lowest BCUT2D eigenvalue weighted by atomic mass is 10.1. The number of carboxylic acids is 1. The average molecular weight is 337 g/mol. The number of carbonyl (C=O) groups is 1. The van der Waals surface area contributed by atoms with Gasteiger partial charge in [0.15, 0.2) is 5.03 Å². The van der Waals surface area contributed by atoms with Crippen molar-refractivity contribution in [3.8, 4) is 0 Å². The standard InChI is InChI=1S/C15H19N3O4S/c1-3-18-10-14(17-11(18)2)23(21,22)16-9-13-7-5-4-6-12(13)8-15(19)20/h4-7,10,16H,3,8-9H2,1-2H3,(H,19,20). The van der Waals surface area contributed by atoms with Crippen LogP contribution in [0.1, 0.15) is 23.9 Å². The van der Waals surface area contributed by atoms with Gasteiger partial charge in [0.2, 0.25) is 0 Å². The molecule has 8 heteroatoms. The minimum absolute atomic E-state index is 0.0177. The Kier molecular flexibility index (Phi) is 5.17. The summed E-state index contributed by atoms with van der Waals surface area (Å²) in [6.45, 7) is 4.30. The molecule has 1 aromatic heterocycles. The van der Waals surface area contributed by atoms with Crippen LogP contribution in [-0.2, 0) is 34.3 Å². The lowest BCUT2D eigenvalue weighted by Crippen LogP contribution is -2.24. The maximum atomic E-state index is 12.3. The van der Waals surface area contributed by atoms with Gasteiger partial charge >= 0.3 is 5.97 Å². The highest BCUT2D eigenvalue weighted by atomic mass is 32.2. The number of benzene rings is 1. The third-order valence-electron chi connectivity index (χ3n) is 3.48. The van der Waals surface area contributed by atoms with Crippen LogP contribution in [0, 0.1) is 6.92 Å². The molecule has 0 aliphatic carbocycles. The van der Waals surface area contributed by atoms with Crippen molar-refractivity contribution in [1.29, 1.82) is 0 Å². The van der Waals surface area contributed by atoms with Crippen LogP contribution in [0.15, 0.2) is 35.5 Å². The van der Waals surface area contributed by atoms with E-state index in [-0.39, 0.29) is 18.0 Å². The molecule has 124 valence electrons. The van der Waals surface area contributed by atoms with Crippen molar-refractivity contribution in [1.82, 2.24) is 14.3 Å². The number of aryl methyl sites for hydroxylation is 2. The molecule has 2 aromatic rings. The number of aromatic nitrogens is 2. The van der Waals surface area contributed by atoms with Gasteiger partial charge in [-0.3, -0.25) is 4.79 Å². The van der Waals surface area contributed by atoms with E-state index in [2.05, 4.69) is 9.71 Å². The van der Waals surface area contributed by atoms with Gasteiger partial charge in [-0.15, -0.1) is 0 Å². The molecule has 1 heterocycles. The third-order valence-corrected chi connectivity index (χ3v) is 4.75. The van der Waals surface area contributed by atoms with E-state index in [0.29, 0.717) is 23.5 Å². The fourth-order valence-electron chi connectivity index (χ4n) is 2.24. The predicted molar refractivity (Wildman–Crippen MR) is 84.4 cm³/mol. The van der Waals surface area contributed by atoms with E-state index < -0.39 is 16.0 Å². The van der Waals surface area contributed by atoms with E-state index in [9.17, 15) is 13.2 Å². The Hall–Kier alpha value is -2.19. The number of nitrogens with one attached hydrogen (secondary N) is 1. The minimum atomic E-state index is -3.74. The van der Waals surface area contributed by atoms with Gasteiger partial charge in [-0.05, 0) is 25.0 Å². The van der Waals surface area contributed by atoms with Gasteiger partial charge in [0.25, 0.3) is 10.0 Å². The molecule has 0 aliphatic rings. The Balaban J connectivity index is 2.18. The predicted octanol–water partition coefficient (Wildman–Crippen LogP) is 1.32. The Bertz CT molecular complexity index is 812.